The molecule has 2 aliphatic rings. The molecule has 130 valence electrons. The highest BCUT2D eigenvalue weighted by Crippen LogP contribution is 2.42. The number of nitrogens with zero attached hydrogens (tertiary/aromatic N) is 6. The predicted octanol–water partition coefficient (Wildman–Crippen LogP) is 0.114. The molecule has 0 spiro atoms. The number of amidine groups is 1. The number of carbonyl (C=O) groups excluding carboxylic acids is 2. The van der Waals surface area contributed by atoms with Gasteiger partial charge in [0.2, 0.25) is 0 Å². The second kappa shape index (κ2) is 5.69. The molecule has 10 nitrogen and oxygen atoms in total. The molecule has 0 aliphatic carbocycles. The summed E-state index contributed by atoms with van der Waals surface area (Å²) in [6, 6.07) is -0.607. The van der Waals surface area contributed by atoms with Crippen LogP contribution in [-0.2, 0) is 11.9 Å². The molecule has 1 fully saturated rings. The van der Waals surface area contributed by atoms with Crippen LogP contribution in [0.2, 0.25) is 0 Å². The number of hydroxylamine groups is 1. The van der Waals surface area contributed by atoms with Crippen LogP contribution in [0.25, 0.3) is 0 Å². The average Bonchev–Trinajstić information content (AvgIpc) is 3.05. The number of aryl methyl sites for hydroxylation is 1. The van der Waals surface area contributed by atoms with E-state index in [1.165, 1.54) is 4.90 Å². The monoisotopic (exact) mass is 335 g/mol. The Hall–Kier alpha value is -2.78. The van der Waals surface area contributed by atoms with Gasteiger partial charge < -0.3 is 19.5 Å². The number of rotatable bonds is 1. The summed E-state index contributed by atoms with van der Waals surface area (Å²) in [6.45, 7) is 0.543. The third-order valence-electron chi connectivity index (χ3n) is 4.44. The molecule has 10 heteroatoms. The van der Waals surface area contributed by atoms with Gasteiger partial charge in [0.1, 0.15) is 6.04 Å². The molecule has 1 saturated heterocycles. The number of urea groups is 1. The molecule has 3 rings (SSSR count). The molecule has 0 unspecified atom stereocenters. The summed E-state index contributed by atoms with van der Waals surface area (Å²) in [4.78, 5) is 38.1. The second-order valence-electron chi connectivity index (χ2n) is 6.05. The van der Waals surface area contributed by atoms with Gasteiger partial charge in [0, 0.05) is 47.3 Å². The number of hydrogen-bond acceptors (Lipinski definition) is 5. The van der Waals surface area contributed by atoms with Gasteiger partial charge in [-0.25, -0.2) is 15.1 Å². The number of aromatic nitrogens is 2. The highest BCUT2D eigenvalue weighted by atomic mass is 16.7. The summed E-state index contributed by atoms with van der Waals surface area (Å²) in [5.74, 6) is 0.372. The smallest absolute Gasteiger partial charge is 0.323 e. The van der Waals surface area contributed by atoms with Gasteiger partial charge in [0.25, 0.3) is 0 Å². The second-order valence-corrected chi connectivity index (χ2v) is 6.05. The van der Waals surface area contributed by atoms with Crippen molar-refractivity contribution in [2.75, 3.05) is 34.7 Å². The fourth-order valence-corrected chi connectivity index (χ4v) is 3.14. The van der Waals surface area contributed by atoms with Crippen LogP contribution < -0.4 is 5.48 Å². The van der Waals surface area contributed by atoms with Crippen molar-refractivity contribution in [3.05, 3.63) is 17.5 Å². The Morgan fingerprint density at radius 1 is 1.46 bits per heavy atom. The molecule has 1 aromatic rings. The van der Waals surface area contributed by atoms with Crippen molar-refractivity contribution in [1.82, 2.24) is 30.0 Å². The maximum atomic E-state index is 12.6. The normalized spacial score (nSPS) is 22.5. The molecule has 0 radical (unpaired) electrons. The van der Waals surface area contributed by atoms with Crippen molar-refractivity contribution in [3.8, 4) is 0 Å². The first-order chi connectivity index (χ1) is 11.4. The fourth-order valence-electron chi connectivity index (χ4n) is 3.14. The largest absolute Gasteiger partial charge is 0.433 e. The Morgan fingerprint density at radius 3 is 2.79 bits per heavy atom. The highest BCUT2D eigenvalue weighted by molar-refractivity contribution is 5.94. The number of hydrogen-bond donors (Lipinski definition) is 1. The molecule has 24 heavy (non-hydrogen) atoms. The van der Waals surface area contributed by atoms with E-state index in [1.807, 2.05) is 7.05 Å². The third kappa shape index (κ3) is 2.25. The number of nitrogens with one attached hydrogen (secondary N) is 1. The van der Waals surface area contributed by atoms with Crippen molar-refractivity contribution in [3.63, 3.8) is 0 Å². The van der Waals surface area contributed by atoms with Gasteiger partial charge in [-0.15, -0.1) is 0 Å². The SMILES string of the molecule is CN=C(NOC(=O)N(C)C)[C@@H]1c2c(cnn2C)[C@@H]2CN1C(=O)N2C. The summed E-state index contributed by atoms with van der Waals surface area (Å²) in [7, 11) is 8.33. The predicted molar refractivity (Wildman–Crippen MR) is 85.2 cm³/mol. The molecular formula is C14H21N7O3. The summed E-state index contributed by atoms with van der Waals surface area (Å²) in [5, 5.41) is 4.32. The van der Waals surface area contributed by atoms with Crippen molar-refractivity contribution in [2.45, 2.75) is 12.1 Å². The molecule has 0 saturated carbocycles. The van der Waals surface area contributed by atoms with Gasteiger partial charge in [0.15, 0.2) is 5.84 Å². The lowest BCUT2D eigenvalue weighted by molar-refractivity contribution is 0.0903. The van der Waals surface area contributed by atoms with E-state index in [2.05, 4.69) is 15.6 Å². The van der Waals surface area contributed by atoms with Crippen LogP contribution in [0, 0.1) is 0 Å². The average molecular weight is 335 g/mol. The van der Waals surface area contributed by atoms with Crippen molar-refractivity contribution < 1.29 is 14.4 Å². The molecule has 1 aromatic heterocycles. The summed E-state index contributed by atoms with van der Waals surface area (Å²) < 4.78 is 1.73. The maximum absolute atomic E-state index is 12.6. The Kier molecular flexibility index (Phi) is 3.82. The minimum atomic E-state index is -0.556. The molecule has 2 bridgehead atoms. The molecule has 1 N–H and O–H groups in total. The first-order valence-corrected chi connectivity index (χ1v) is 7.52. The first-order valence-electron chi connectivity index (χ1n) is 7.52. The van der Waals surface area contributed by atoms with Gasteiger partial charge in [-0.05, 0) is 0 Å². The molecule has 2 atom stereocenters. The van der Waals surface area contributed by atoms with Crippen LogP contribution >= 0.6 is 0 Å². The van der Waals surface area contributed by atoms with Crippen molar-refractivity contribution in [2.24, 2.45) is 12.0 Å². The molecular weight excluding hydrogens is 314 g/mol. The van der Waals surface area contributed by atoms with Gasteiger partial charge in [-0.3, -0.25) is 9.67 Å². The molecule has 3 heterocycles. The van der Waals surface area contributed by atoms with Crippen LogP contribution in [0.1, 0.15) is 23.3 Å². The third-order valence-corrected chi connectivity index (χ3v) is 4.44. The van der Waals surface area contributed by atoms with Crippen molar-refractivity contribution in [1.29, 1.82) is 0 Å². The fraction of sp³-hybridized carbons (Fsp3) is 0.571. The van der Waals surface area contributed by atoms with E-state index in [4.69, 9.17) is 4.84 Å². The molecule has 0 aromatic carbocycles. The van der Waals surface area contributed by atoms with Gasteiger partial charge >= 0.3 is 12.1 Å². The quantitative estimate of drug-likeness (QED) is 0.447. The highest BCUT2D eigenvalue weighted by Gasteiger charge is 2.49. The van der Waals surface area contributed by atoms with E-state index < -0.39 is 12.1 Å². The Bertz CT molecular complexity index is 711. The van der Waals surface area contributed by atoms with E-state index in [-0.39, 0.29) is 12.1 Å². The summed E-state index contributed by atoms with van der Waals surface area (Å²) >= 11 is 0. The topological polar surface area (TPSA) is 95.3 Å². The van der Waals surface area contributed by atoms with Gasteiger partial charge in [-0.2, -0.15) is 5.10 Å². The Labute approximate surface area is 139 Å². The van der Waals surface area contributed by atoms with Crippen LogP contribution in [0.3, 0.4) is 0 Å². The lowest BCUT2D eigenvalue weighted by Gasteiger charge is -2.32. The first kappa shape index (κ1) is 16.1. The van der Waals surface area contributed by atoms with Crippen LogP contribution in [0.5, 0.6) is 0 Å². The number of carbonyl (C=O) groups is 2. The van der Waals surface area contributed by atoms with Crippen LogP contribution in [-0.4, -0.2) is 77.2 Å². The zero-order valence-electron chi connectivity index (χ0n) is 14.3. The lowest BCUT2D eigenvalue weighted by atomic mass is 9.97. The Morgan fingerprint density at radius 2 is 2.17 bits per heavy atom. The maximum Gasteiger partial charge on any atom is 0.433 e. The van der Waals surface area contributed by atoms with E-state index >= 15 is 0 Å². The van der Waals surface area contributed by atoms with Gasteiger partial charge in [-0.1, -0.05) is 0 Å². The Balaban J connectivity index is 1.95. The van der Waals surface area contributed by atoms with Crippen molar-refractivity contribution >= 4 is 18.0 Å². The zero-order valence-corrected chi connectivity index (χ0v) is 14.3. The number of amides is 3. The lowest BCUT2D eigenvalue weighted by Crippen LogP contribution is -2.45. The van der Waals surface area contributed by atoms with Crippen LogP contribution in [0.4, 0.5) is 9.59 Å². The summed E-state index contributed by atoms with van der Waals surface area (Å²) in [5.41, 5.74) is 4.44. The van der Waals surface area contributed by atoms with E-state index in [0.29, 0.717) is 12.4 Å². The van der Waals surface area contributed by atoms with Gasteiger partial charge in [0.05, 0.1) is 17.9 Å². The number of fused-ring (bicyclic) bond motifs is 4. The number of likely N-dealkylation sites (N-methyl/N-ethyl adjacent to an activating group) is 1. The van der Waals surface area contributed by atoms with Crippen LogP contribution in [0.15, 0.2) is 11.2 Å². The van der Waals surface area contributed by atoms with E-state index in [0.717, 1.165) is 11.3 Å². The van der Waals surface area contributed by atoms with E-state index in [1.54, 1.807) is 48.9 Å². The van der Waals surface area contributed by atoms with E-state index in [9.17, 15) is 9.59 Å². The number of aliphatic imine (C=N–C) groups is 1. The summed E-state index contributed by atoms with van der Waals surface area (Å²) in [6.07, 6.45) is 1.22. The molecule has 2 aliphatic heterocycles. The molecule has 3 amide bonds. The standard InChI is InChI=1S/C14H21N7O3/c1-15-12(17-24-14(23)18(2)3)11-10-8(6-16-20(10)5)9-7-21(11)13(22)19(9)4/h6,9,11H,7H2,1-5H3,(H,15,17)/t9-,11-/m0/s1. The minimum absolute atomic E-state index is 0.0279. The minimum Gasteiger partial charge on any atom is -0.323 e. The zero-order chi connectivity index (χ0) is 17.6.